The van der Waals surface area contributed by atoms with Crippen molar-refractivity contribution in [1.29, 1.82) is 0 Å². The normalized spacial score (nSPS) is 15.6. The fourth-order valence-corrected chi connectivity index (χ4v) is 3.11. The molecule has 3 aromatic rings. The summed E-state index contributed by atoms with van der Waals surface area (Å²) in [6, 6.07) is 16.3. The molecule has 6 heteroatoms. The minimum Gasteiger partial charge on any atom is -0.493 e. The summed E-state index contributed by atoms with van der Waals surface area (Å²) < 4.78 is 5.58. The summed E-state index contributed by atoms with van der Waals surface area (Å²) in [6.07, 6.45) is 2.30. The van der Waals surface area contributed by atoms with Crippen molar-refractivity contribution < 1.29 is 14.3 Å². The van der Waals surface area contributed by atoms with Gasteiger partial charge in [0.1, 0.15) is 5.75 Å². The zero-order valence-corrected chi connectivity index (χ0v) is 13.9. The van der Waals surface area contributed by atoms with Crippen molar-refractivity contribution in [2.24, 2.45) is 0 Å². The summed E-state index contributed by atoms with van der Waals surface area (Å²) in [5.74, 6) is -0.637. The van der Waals surface area contributed by atoms with Crippen molar-refractivity contribution in [1.82, 2.24) is 10.3 Å². The highest BCUT2D eigenvalue weighted by Crippen LogP contribution is 2.31. The van der Waals surface area contributed by atoms with Crippen LogP contribution in [-0.2, 0) is 9.59 Å². The molecule has 1 unspecified atom stereocenters. The molecule has 2 N–H and O–H groups in total. The molecule has 130 valence electrons. The summed E-state index contributed by atoms with van der Waals surface area (Å²) in [6.45, 7) is 0.499. The average Bonchev–Trinajstić information content (AvgIpc) is 2.68. The number of fused-ring (bicyclic) bond motifs is 2. The number of anilines is 1. The highest BCUT2D eigenvalue weighted by atomic mass is 16.5. The fourth-order valence-electron chi connectivity index (χ4n) is 3.11. The molecule has 0 fully saturated rings. The van der Waals surface area contributed by atoms with Crippen LogP contribution in [0.3, 0.4) is 0 Å². The van der Waals surface area contributed by atoms with E-state index in [0.29, 0.717) is 18.7 Å². The van der Waals surface area contributed by atoms with E-state index in [1.54, 1.807) is 24.4 Å². The highest BCUT2D eigenvalue weighted by Gasteiger charge is 2.25. The number of hydrogen-bond acceptors (Lipinski definition) is 4. The number of amides is 2. The average molecular weight is 347 g/mol. The summed E-state index contributed by atoms with van der Waals surface area (Å²) in [7, 11) is 0. The number of aromatic nitrogens is 1. The highest BCUT2D eigenvalue weighted by molar-refractivity contribution is 6.40. The van der Waals surface area contributed by atoms with Crippen LogP contribution in [0.25, 0.3) is 10.9 Å². The number of hydrogen-bond donors (Lipinski definition) is 2. The third kappa shape index (κ3) is 3.09. The van der Waals surface area contributed by atoms with Crippen LogP contribution in [0.2, 0.25) is 0 Å². The molecular formula is C20H17N3O3. The van der Waals surface area contributed by atoms with Crippen LogP contribution in [-0.4, -0.2) is 23.4 Å². The first-order valence-corrected chi connectivity index (χ1v) is 8.40. The minimum atomic E-state index is -0.703. The van der Waals surface area contributed by atoms with Gasteiger partial charge in [-0.05, 0) is 30.3 Å². The summed E-state index contributed by atoms with van der Waals surface area (Å²) in [5, 5.41) is 6.26. The quantitative estimate of drug-likeness (QED) is 0.699. The Hall–Kier alpha value is -3.41. The number of nitrogens with one attached hydrogen (secondary N) is 2. The largest absolute Gasteiger partial charge is 0.493 e. The molecule has 2 heterocycles. The fraction of sp³-hybridized carbons (Fsp3) is 0.150. The number of para-hydroxylation sites is 1. The van der Waals surface area contributed by atoms with Crippen molar-refractivity contribution >= 4 is 28.4 Å². The maximum absolute atomic E-state index is 12.4. The Morgan fingerprint density at radius 2 is 1.88 bits per heavy atom. The van der Waals surface area contributed by atoms with E-state index in [-0.39, 0.29) is 6.04 Å². The lowest BCUT2D eigenvalue weighted by Crippen LogP contribution is -2.39. The maximum atomic E-state index is 12.4. The zero-order chi connectivity index (χ0) is 17.9. The third-order valence-electron chi connectivity index (χ3n) is 4.36. The van der Waals surface area contributed by atoms with Gasteiger partial charge < -0.3 is 15.4 Å². The van der Waals surface area contributed by atoms with Gasteiger partial charge >= 0.3 is 11.8 Å². The van der Waals surface area contributed by atoms with E-state index in [9.17, 15) is 9.59 Å². The van der Waals surface area contributed by atoms with Gasteiger partial charge in [-0.2, -0.15) is 0 Å². The van der Waals surface area contributed by atoms with E-state index in [1.165, 1.54) is 0 Å². The Morgan fingerprint density at radius 3 is 2.81 bits per heavy atom. The smallest absolute Gasteiger partial charge is 0.313 e. The Balaban J connectivity index is 1.50. The molecule has 0 radical (unpaired) electrons. The Labute approximate surface area is 150 Å². The Kier molecular flexibility index (Phi) is 4.23. The maximum Gasteiger partial charge on any atom is 0.313 e. The molecular weight excluding hydrogens is 330 g/mol. The second-order valence-electron chi connectivity index (χ2n) is 6.03. The summed E-state index contributed by atoms with van der Waals surface area (Å²) in [4.78, 5) is 29.0. The van der Waals surface area contributed by atoms with E-state index in [0.717, 1.165) is 22.2 Å². The number of rotatable bonds is 2. The standard InChI is InChI=1S/C20H17N3O3/c24-19(22-16-8-3-7-15-13(16)6-4-11-21-15)20(25)23-17-10-12-26-18-9-2-1-5-14(17)18/h1-9,11,17H,10,12H2,(H,22,24)(H,23,25). The minimum absolute atomic E-state index is 0.243. The van der Waals surface area contributed by atoms with Crippen LogP contribution in [0.4, 0.5) is 5.69 Å². The predicted octanol–water partition coefficient (Wildman–Crippen LogP) is 2.81. The van der Waals surface area contributed by atoms with Crippen molar-refractivity contribution in [2.75, 3.05) is 11.9 Å². The lowest BCUT2D eigenvalue weighted by Gasteiger charge is -2.26. The number of pyridine rings is 1. The second kappa shape index (κ2) is 6.84. The molecule has 2 amide bonds. The van der Waals surface area contributed by atoms with Crippen LogP contribution in [0.5, 0.6) is 5.75 Å². The van der Waals surface area contributed by atoms with Gasteiger partial charge in [0.15, 0.2) is 0 Å². The molecule has 1 atom stereocenters. The topological polar surface area (TPSA) is 80.3 Å². The van der Waals surface area contributed by atoms with E-state index < -0.39 is 11.8 Å². The molecule has 1 aliphatic rings. The van der Waals surface area contributed by atoms with E-state index in [2.05, 4.69) is 15.6 Å². The van der Waals surface area contributed by atoms with Crippen LogP contribution < -0.4 is 15.4 Å². The molecule has 1 aromatic heterocycles. The number of nitrogens with zero attached hydrogens (tertiary/aromatic N) is 1. The Morgan fingerprint density at radius 1 is 1.00 bits per heavy atom. The van der Waals surface area contributed by atoms with Gasteiger partial charge in [-0.1, -0.05) is 24.3 Å². The number of benzene rings is 2. The molecule has 1 aliphatic heterocycles. The molecule has 4 rings (SSSR count). The lowest BCUT2D eigenvalue weighted by atomic mass is 10.0. The summed E-state index contributed by atoms with van der Waals surface area (Å²) >= 11 is 0. The predicted molar refractivity (Wildman–Crippen MR) is 97.8 cm³/mol. The molecule has 2 aromatic carbocycles. The van der Waals surface area contributed by atoms with Crippen molar-refractivity contribution in [3.63, 3.8) is 0 Å². The van der Waals surface area contributed by atoms with Crippen molar-refractivity contribution in [3.05, 3.63) is 66.4 Å². The van der Waals surface area contributed by atoms with Crippen molar-refractivity contribution in [2.45, 2.75) is 12.5 Å². The summed E-state index contributed by atoms with van der Waals surface area (Å²) in [5.41, 5.74) is 2.20. The van der Waals surface area contributed by atoms with Crippen LogP contribution in [0, 0.1) is 0 Å². The second-order valence-corrected chi connectivity index (χ2v) is 6.03. The molecule has 0 aliphatic carbocycles. The van der Waals surface area contributed by atoms with Gasteiger partial charge in [-0.3, -0.25) is 14.6 Å². The first-order valence-electron chi connectivity index (χ1n) is 8.40. The van der Waals surface area contributed by atoms with Gasteiger partial charge in [-0.25, -0.2) is 0 Å². The SMILES string of the molecule is O=C(Nc1cccc2ncccc12)C(=O)NC1CCOc2ccccc21. The monoisotopic (exact) mass is 347 g/mol. The van der Waals surface area contributed by atoms with Crippen LogP contribution in [0.1, 0.15) is 18.0 Å². The Bertz CT molecular complexity index is 981. The van der Waals surface area contributed by atoms with Gasteiger partial charge in [-0.15, -0.1) is 0 Å². The molecule has 0 saturated carbocycles. The van der Waals surface area contributed by atoms with Gasteiger partial charge in [0, 0.05) is 23.6 Å². The molecule has 26 heavy (non-hydrogen) atoms. The molecule has 0 spiro atoms. The zero-order valence-electron chi connectivity index (χ0n) is 13.9. The van der Waals surface area contributed by atoms with Crippen molar-refractivity contribution in [3.8, 4) is 5.75 Å². The molecule has 0 bridgehead atoms. The number of carbonyl (C=O) groups excluding carboxylic acids is 2. The van der Waals surface area contributed by atoms with E-state index >= 15 is 0 Å². The molecule has 6 nitrogen and oxygen atoms in total. The number of carbonyl (C=O) groups is 2. The van der Waals surface area contributed by atoms with Gasteiger partial charge in [0.2, 0.25) is 0 Å². The van der Waals surface area contributed by atoms with Crippen LogP contribution in [0.15, 0.2) is 60.8 Å². The van der Waals surface area contributed by atoms with Crippen LogP contribution >= 0.6 is 0 Å². The van der Waals surface area contributed by atoms with E-state index in [4.69, 9.17) is 4.74 Å². The van der Waals surface area contributed by atoms with Gasteiger partial charge in [0.05, 0.1) is 23.9 Å². The first kappa shape index (κ1) is 16.1. The van der Waals surface area contributed by atoms with E-state index in [1.807, 2.05) is 36.4 Å². The third-order valence-corrected chi connectivity index (χ3v) is 4.36. The molecule has 0 saturated heterocycles. The first-order chi connectivity index (χ1) is 12.7. The van der Waals surface area contributed by atoms with Gasteiger partial charge in [0.25, 0.3) is 0 Å². The lowest BCUT2D eigenvalue weighted by molar-refractivity contribution is -0.136. The number of ether oxygens (including phenoxy) is 1.